The van der Waals surface area contributed by atoms with E-state index in [-0.39, 0.29) is 5.41 Å². The van der Waals surface area contributed by atoms with Gasteiger partial charge in [0.15, 0.2) is 5.82 Å². The summed E-state index contributed by atoms with van der Waals surface area (Å²) in [5, 5.41) is 9.99. The molecule has 2 aromatic heterocycles. The van der Waals surface area contributed by atoms with E-state index in [1.54, 1.807) is 0 Å². The molecule has 0 atom stereocenters. The Labute approximate surface area is 371 Å². The fourth-order valence-electron chi connectivity index (χ4n) is 10.7. The van der Waals surface area contributed by atoms with Crippen molar-refractivity contribution in [2.24, 2.45) is 0 Å². The Bertz CT molecular complexity index is 3790. The molecule has 3 nitrogen and oxygen atoms in total. The lowest BCUT2D eigenvalue weighted by atomic mass is 9.82. The number of hydrogen-bond donors (Lipinski definition) is 0. The van der Waals surface area contributed by atoms with Gasteiger partial charge >= 0.3 is 0 Å². The molecule has 0 bridgehead atoms. The number of para-hydroxylation sites is 2. The van der Waals surface area contributed by atoms with Crippen LogP contribution in [0.4, 0.5) is 0 Å². The highest BCUT2D eigenvalue weighted by molar-refractivity contribution is 6.25. The van der Waals surface area contributed by atoms with Crippen molar-refractivity contribution in [1.82, 2.24) is 14.5 Å². The van der Waals surface area contributed by atoms with Gasteiger partial charge in [-0.1, -0.05) is 178 Å². The maximum absolute atomic E-state index is 5.51. The number of fused-ring (bicyclic) bond motifs is 12. The second-order valence-corrected chi connectivity index (χ2v) is 17.7. The average molecular weight is 816 g/mol. The van der Waals surface area contributed by atoms with Crippen molar-refractivity contribution in [3.05, 3.63) is 223 Å². The van der Waals surface area contributed by atoms with Gasteiger partial charge < -0.3 is 4.57 Å². The van der Waals surface area contributed by atoms with E-state index in [9.17, 15) is 0 Å². The third-order valence-corrected chi connectivity index (χ3v) is 13.8. The summed E-state index contributed by atoms with van der Waals surface area (Å²) in [6, 6.07) is 77.3. The van der Waals surface area contributed by atoms with E-state index in [2.05, 4.69) is 231 Å². The third-order valence-electron chi connectivity index (χ3n) is 13.8. The van der Waals surface area contributed by atoms with Crippen molar-refractivity contribution in [2.45, 2.75) is 19.3 Å². The maximum Gasteiger partial charge on any atom is 0.160 e. The summed E-state index contributed by atoms with van der Waals surface area (Å²) in [7, 11) is 0. The van der Waals surface area contributed by atoms with Gasteiger partial charge in [0.1, 0.15) is 0 Å². The number of hydrogen-bond acceptors (Lipinski definition) is 2. The van der Waals surface area contributed by atoms with E-state index in [1.807, 2.05) is 0 Å². The van der Waals surface area contributed by atoms with Gasteiger partial charge in [0, 0.05) is 38.6 Å². The maximum atomic E-state index is 5.51. The summed E-state index contributed by atoms with van der Waals surface area (Å²) in [4.78, 5) is 10.9. The van der Waals surface area contributed by atoms with Crippen LogP contribution >= 0.6 is 0 Å². The van der Waals surface area contributed by atoms with Crippen molar-refractivity contribution in [3.63, 3.8) is 0 Å². The highest BCUT2D eigenvalue weighted by atomic mass is 15.0. The third kappa shape index (κ3) is 5.54. The van der Waals surface area contributed by atoms with Crippen LogP contribution < -0.4 is 0 Å². The molecule has 0 saturated heterocycles. The number of benzene rings is 10. The molecule has 300 valence electrons. The predicted molar refractivity (Wildman–Crippen MR) is 268 cm³/mol. The topological polar surface area (TPSA) is 30.7 Å². The number of rotatable bonds is 5. The highest BCUT2D eigenvalue weighted by Gasteiger charge is 2.35. The first-order valence-electron chi connectivity index (χ1n) is 22.1. The molecule has 0 aliphatic heterocycles. The molecule has 0 fully saturated rings. The van der Waals surface area contributed by atoms with Crippen molar-refractivity contribution >= 4 is 54.1 Å². The van der Waals surface area contributed by atoms with Gasteiger partial charge in [0.05, 0.1) is 22.4 Å². The molecule has 10 aromatic carbocycles. The summed E-state index contributed by atoms with van der Waals surface area (Å²) in [6.07, 6.45) is 0. The Balaban J connectivity index is 1.07. The van der Waals surface area contributed by atoms with Crippen molar-refractivity contribution in [2.75, 3.05) is 0 Å². The largest absolute Gasteiger partial charge is 0.309 e. The average Bonchev–Trinajstić information content (AvgIpc) is 3.82. The Morgan fingerprint density at radius 2 is 0.844 bits per heavy atom. The van der Waals surface area contributed by atoms with E-state index in [0.717, 1.165) is 55.9 Å². The van der Waals surface area contributed by atoms with E-state index < -0.39 is 0 Å². The summed E-state index contributed by atoms with van der Waals surface area (Å²) in [5.41, 5.74) is 15.6. The molecular weight excluding hydrogens is 775 g/mol. The standard InChI is InChI=1S/C61H41N3/c1-61(2)54-25-13-10-22-49(54)50-31-29-40(36-55(50)61)57-37-56(38-16-4-3-5-17-38)62-60(63-57)42-32-41(33-43(34-42)64-58-26-14-11-23-51(58)52-24-12-15-27-59(52)64)39-28-30-48-46-20-7-6-18-44(46)45-19-8-9-21-47(45)53(48)35-39/h3-37H,1-2H3. The lowest BCUT2D eigenvalue weighted by molar-refractivity contribution is 0.660. The Morgan fingerprint density at radius 3 is 1.53 bits per heavy atom. The number of aromatic nitrogens is 3. The lowest BCUT2D eigenvalue weighted by Crippen LogP contribution is -2.14. The summed E-state index contributed by atoms with van der Waals surface area (Å²) in [6.45, 7) is 4.67. The van der Waals surface area contributed by atoms with E-state index in [1.165, 1.54) is 65.3 Å². The normalized spacial score (nSPS) is 13.0. The zero-order valence-electron chi connectivity index (χ0n) is 35.5. The number of nitrogens with zero attached hydrogens (tertiary/aromatic N) is 3. The van der Waals surface area contributed by atoms with Gasteiger partial charge in [-0.15, -0.1) is 0 Å². The molecule has 0 radical (unpaired) electrons. The van der Waals surface area contributed by atoms with Crippen LogP contribution in [0, 0.1) is 0 Å². The van der Waals surface area contributed by atoms with Gasteiger partial charge in [-0.2, -0.15) is 0 Å². The SMILES string of the molecule is CC1(C)c2ccccc2-c2ccc(-c3cc(-c4ccccc4)nc(-c4cc(-c5ccc6c7ccccc7c7ccccc7c6c5)cc(-n5c6ccccc6c6ccccc65)c4)n3)cc21. The van der Waals surface area contributed by atoms with Gasteiger partial charge in [0.25, 0.3) is 0 Å². The molecule has 0 spiro atoms. The molecule has 3 heteroatoms. The molecule has 1 aliphatic rings. The molecule has 0 unspecified atom stereocenters. The fraction of sp³-hybridized carbons (Fsp3) is 0.0492. The molecule has 0 N–H and O–H groups in total. The molecule has 13 rings (SSSR count). The van der Waals surface area contributed by atoms with E-state index >= 15 is 0 Å². The molecule has 12 aromatic rings. The minimum atomic E-state index is -0.136. The summed E-state index contributed by atoms with van der Waals surface area (Å²) in [5.74, 6) is 0.681. The second kappa shape index (κ2) is 13.9. The zero-order chi connectivity index (χ0) is 42.5. The van der Waals surface area contributed by atoms with Crippen LogP contribution in [0.3, 0.4) is 0 Å². The summed E-state index contributed by atoms with van der Waals surface area (Å²) >= 11 is 0. The van der Waals surface area contributed by atoms with E-state index in [4.69, 9.17) is 9.97 Å². The molecule has 1 aliphatic carbocycles. The van der Waals surface area contributed by atoms with Crippen molar-refractivity contribution in [3.8, 4) is 61.8 Å². The van der Waals surface area contributed by atoms with Gasteiger partial charge in [-0.05, 0) is 114 Å². The highest BCUT2D eigenvalue weighted by Crippen LogP contribution is 2.50. The fourth-order valence-corrected chi connectivity index (χ4v) is 10.7. The first-order valence-corrected chi connectivity index (χ1v) is 22.1. The van der Waals surface area contributed by atoms with Crippen LogP contribution in [0.25, 0.3) is 116 Å². The predicted octanol–water partition coefficient (Wildman–Crippen LogP) is 16.0. The van der Waals surface area contributed by atoms with Crippen LogP contribution in [0.15, 0.2) is 212 Å². The van der Waals surface area contributed by atoms with Crippen LogP contribution in [0.5, 0.6) is 0 Å². The van der Waals surface area contributed by atoms with Crippen molar-refractivity contribution in [1.29, 1.82) is 0 Å². The van der Waals surface area contributed by atoms with Gasteiger partial charge in [-0.3, -0.25) is 0 Å². The monoisotopic (exact) mass is 815 g/mol. The smallest absolute Gasteiger partial charge is 0.160 e. The zero-order valence-corrected chi connectivity index (χ0v) is 35.5. The minimum Gasteiger partial charge on any atom is -0.309 e. The second-order valence-electron chi connectivity index (χ2n) is 17.7. The van der Waals surface area contributed by atoms with Crippen molar-refractivity contribution < 1.29 is 0 Å². The molecular formula is C61H41N3. The van der Waals surface area contributed by atoms with Gasteiger partial charge in [0.2, 0.25) is 0 Å². The van der Waals surface area contributed by atoms with Gasteiger partial charge in [-0.25, -0.2) is 9.97 Å². The molecule has 0 amide bonds. The lowest BCUT2D eigenvalue weighted by Gasteiger charge is -2.22. The Hall–Kier alpha value is -8.14. The van der Waals surface area contributed by atoms with Crippen LogP contribution in [-0.4, -0.2) is 14.5 Å². The van der Waals surface area contributed by atoms with Crippen LogP contribution in [0.2, 0.25) is 0 Å². The van der Waals surface area contributed by atoms with Crippen LogP contribution in [-0.2, 0) is 5.41 Å². The first kappa shape index (κ1) is 36.5. The van der Waals surface area contributed by atoms with E-state index in [0.29, 0.717) is 5.82 Å². The summed E-state index contributed by atoms with van der Waals surface area (Å²) < 4.78 is 2.41. The van der Waals surface area contributed by atoms with Crippen LogP contribution in [0.1, 0.15) is 25.0 Å². The quantitative estimate of drug-likeness (QED) is 0.162. The minimum absolute atomic E-state index is 0.136. The molecule has 64 heavy (non-hydrogen) atoms. The molecule has 0 saturated carbocycles. The Morgan fingerprint density at radius 1 is 0.328 bits per heavy atom. The molecule has 2 heterocycles. The first-order chi connectivity index (χ1) is 31.5. The Kier molecular flexibility index (Phi) is 7.95.